The van der Waals surface area contributed by atoms with E-state index in [4.69, 9.17) is 0 Å². The second-order valence-electron chi connectivity index (χ2n) is 5.42. The normalized spacial score (nSPS) is 10.3. The molecule has 132 valence electrons. The second-order valence-corrected chi connectivity index (χ2v) is 6.33. The fourth-order valence-corrected chi connectivity index (χ4v) is 2.52. The van der Waals surface area contributed by atoms with Gasteiger partial charge in [0.25, 0.3) is 0 Å². The van der Waals surface area contributed by atoms with E-state index in [1.807, 2.05) is 13.0 Å². The van der Waals surface area contributed by atoms with E-state index in [1.165, 1.54) is 7.05 Å². The number of likely N-dealkylation sites (N-methyl/N-ethyl adjacent to an activating group) is 1. The average Bonchev–Trinajstić information content (AvgIpc) is 2.52. The van der Waals surface area contributed by atoms with Crippen LogP contribution in [0, 0.1) is 18.6 Å². The van der Waals surface area contributed by atoms with Crippen molar-refractivity contribution in [1.29, 1.82) is 0 Å². The molecule has 0 saturated heterocycles. The van der Waals surface area contributed by atoms with E-state index in [2.05, 4.69) is 26.6 Å². The van der Waals surface area contributed by atoms with E-state index in [9.17, 15) is 18.4 Å². The lowest BCUT2D eigenvalue weighted by molar-refractivity contribution is -0.116. The molecule has 0 saturated carbocycles. The van der Waals surface area contributed by atoms with E-state index in [0.29, 0.717) is 11.8 Å². The molecule has 0 heterocycles. The molecule has 2 aromatic rings. The van der Waals surface area contributed by atoms with Gasteiger partial charge in [0, 0.05) is 23.3 Å². The molecule has 2 aromatic carbocycles. The van der Waals surface area contributed by atoms with E-state index >= 15 is 0 Å². The molecule has 2 rings (SSSR count). The number of benzene rings is 2. The number of carbonyl (C=O) groups is 2. The van der Waals surface area contributed by atoms with Crippen LogP contribution in [-0.2, 0) is 4.79 Å². The van der Waals surface area contributed by atoms with Crippen LogP contribution in [0.4, 0.5) is 25.0 Å². The number of rotatable bonds is 4. The quantitative estimate of drug-likeness (QED) is 0.793. The molecule has 0 spiro atoms. The fraction of sp³-hybridized carbons (Fsp3) is 0.176. The van der Waals surface area contributed by atoms with Crippen molar-refractivity contribution in [2.24, 2.45) is 0 Å². The highest BCUT2D eigenvalue weighted by atomic mass is 79.9. The van der Waals surface area contributed by atoms with Crippen molar-refractivity contribution in [3.8, 4) is 0 Å². The number of hydrogen-bond acceptors (Lipinski definition) is 2. The Bertz CT molecular complexity index is 814. The first-order valence-corrected chi connectivity index (χ1v) is 8.08. The molecule has 0 aromatic heterocycles. The molecular formula is C17H16BrF2N3O2. The molecule has 8 heteroatoms. The van der Waals surface area contributed by atoms with Gasteiger partial charge in [0.2, 0.25) is 5.91 Å². The Kier molecular flexibility index (Phi) is 6.08. The number of hydrogen-bond donors (Lipinski definition) is 2. The van der Waals surface area contributed by atoms with Crippen molar-refractivity contribution in [1.82, 2.24) is 4.90 Å². The highest BCUT2D eigenvalue weighted by molar-refractivity contribution is 9.10. The zero-order valence-electron chi connectivity index (χ0n) is 13.6. The maximum atomic E-state index is 13.5. The molecule has 0 bridgehead atoms. The summed E-state index contributed by atoms with van der Waals surface area (Å²) < 4.78 is 27.3. The highest BCUT2D eigenvalue weighted by Gasteiger charge is 2.15. The van der Waals surface area contributed by atoms with Crippen LogP contribution in [-0.4, -0.2) is 30.4 Å². The van der Waals surface area contributed by atoms with Crippen LogP contribution in [0.3, 0.4) is 0 Å². The summed E-state index contributed by atoms with van der Waals surface area (Å²) in [6.07, 6.45) is 0. The molecule has 0 radical (unpaired) electrons. The van der Waals surface area contributed by atoms with E-state index in [-0.39, 0.29) is 12.2 Å². The summed E-state index contributed by atoms with van der Waals surface area (Å²) in [5.74, 6) is -2.03. The van der Waals surface area contributed by atoms with Gasteiger partial charge in [-0.15, -0.1) is 0 Å². The third-order valence-corrected chi connectivity index (χ3v) is 3.86. The van der Waals surface area contributed by atoms with Gasteiger partial charge in [0.1, 0.15) is 18.2 Å². The first-order valence-electron chi connectivity index (χ1n) is 7.29. The van der Waals surface area contributed by atoms with E-state index < -0.39 is 23.6 Å². The zero-order valence-corrected chi connectivity index (χ0v) is 15.2. The van der Waals surface area contributed by atoms with Gasteiger partial charge in [-0.1, -0.05) is 15.9 Å². The standard InChI is InChI=1S/C17H16BrF2N3O2/c1-10-7-11(18)3-5-14(10)21-16(24)9-23(2)17(25)22-15-6-4-12(19)8-13(15)20/h3-8H,9H2,1-2H3,(H,21,24)(H,22,25). The summed E-state index contributed by atoms with van der Waals surface area (Å²) in [4.78, 5) is 25.2. The summed E-state index contributed by atoms with van der Waals surface area (Å²) >= 11 is 3.34. The number of nitrogens with zero attached hydrogens (tertiary/aromatic N) is 1. The lowest BCUT2D eigenvalue weighted by Gasteiger charge is -2.18. The molecule has 0 fully saturated rings. The Morgan fingerprint density at radius 3 is 2.40 bits per heavy atom. The molecule has 5 nitrogen and oxygen atoms in total. The summed E-state index contributed by atoms with van der Waals surface area (Å²) in [6.45, 7) is 1.61. The van der Waals surface area contributed by atoms with Crippen molar-refractivity contribution in [3.05, 3.63) is 58.1 Å². The van der Waals surface area contributed by atoms with Gasteiger partial charge in [-0.05, 0) is 42.8 Å². The van der Waals surface area contributed by atoms with Crippen LogP contribution >= 0.6 is 15.9 Å². The molecule has 2 N–H and O–H groups in total. The third kappa shape index (κ3) is 5.25. The molecular weight excluding hydrogens is 396 g/mol. The lowest BCUT2D eigenvalue weighted by Crippen LogP contribution is -2.37. The Balaban J connectivity index is 1.94. The summed E-state index contributed by atoms with van der Waals surface area (Å²) in [5.41, 5.74) is 1.33. The molecule has 0 aliphatic rings. The smallest absolute Gasteiger partial charge is 0.322 e. The second kappa shape index (κ2) is 8.06. The molecule has 0 aliphatic heterocycles. The van der Waals surface area contributed by atoms with Crippen LogP contribution in [0.1, 0.15) is 5.56 Å². The van der Waals surface area contributed by atoms with Crippen LogP contribution in [0.15, 0.2) is 40.9 Å². The maximum absolute atomic E-state index is 13.5. The topological polar surface area (TPSA) is 61.4 Å². The number of nitrogens with one attached hydrogen (secondary N) is 2. The molecule has 0 aliphatic carbocycles. The first kappa shape index (κ1) is 18.9. The van der Waals surface area contributed by atoms with Gasteiger partial charge in [0.15, 0.2) is 0 Å². The third-order valence-electron chi connectivity index (χ3n) is 3.36. The van der Waals surface area contributed by atoms with Crippen molar-refractivity contribution in [2.75, 3.05) is 24.2 Å². The monoisotopic (exact) mass is 411 g/mol. The van der Waals surface area contributed by atoms with Gasteiger partial charge in [0.05, 0.1) is 5.69 Å². The summed E-state index contributed by atoms with van der Waals surface area (Å²) in [6, 6.07) is 7.50. The Labute approximate surface area is 152 Å². The van der Waals surface area contributed by atoms with Crippen LogP contribution in [0.25, 0.3) is 0 Å². The molecule has 0 atom stereocenters. The predicted octanol–water partition coefficient (Wildman–Crippen LogP) is 4.14. The van der Waals surface area contributed by atoms with E-state index in [0.717, 1.165) is 27.1 Å². The lowest BCUT2D eigenvalue weighted by atomic mass is 10.2. The SMILES string of the molecule is Cc1cc(Br)ccc1NC(=O)CN(C)C(=O)Nc1ccc(F)cc1F. The van der Waals surface area contributed by atoms with Crippen molar-refractivity contribution < 1.29 is 18.4 Å². The van der Waals surface area contributed by atoms with Gasteiger partial charge >= 0.3 is 6.03 Å². The van der Waals surface area contributed by atoms with Crippen LogP contribution < -0.4 is 10.6 Å². The predicted molar refractivity (Wildman–Crippen MR) is 95.5 cm³/mol. The number of aryl methyl sites for hydroxylation is 1. The number of urea groups is 1. The molecule has 3 amide bonds. The summed E-state index contributed by atoms with van der Waals surface area (Å²) in [5, 5.41) is 4.99. The Hall–Kier alpha value is -2.48. The zero-order chi connectivity index (χ0) is 18.6. The van der Waals surface area contributed by atoms with Crippen molar-refractivity contribution in [3.63, 3.8) is 0 Å². The van der Waals surface area contributed by atoms with E-state index in [1.54, 1.807) is 12.1 Å². The van der Waals surface area contributed by atoms with Crippen LogP contribution in [0.5, 0.6) is 0 Å². The highest BCUT2D eigenvalue weighted by Crippen LogP contribution is 2.20. The van der Waals surface area contributed by atoms with Crippen molar-refractivity contribution >= 4 is 39.2 Å². The Morgan fingerprint density at radius 2 is 1.76 bits per heavy atom. The maximum Gasteiger partial charge on any atom is 0.322 e. The average molecular weight is 412 g/mol. The number of carbonyl (C=O) groups excluding carboxylic acids is 2. The largest absolute Gasteiger partial charge is 0.324 e. The minimum atomic E-state index is -0.892. The first-order chi connectivity index (χ1) is 11.8. The van der Waals surface area contributed by atoms with Gasteiger partial charge < -0.3 is 15.5 Å². The fourth-order valence-electron chi connectivity index (χ4n) is 2.05. The number of amides is 3. The number of anilines is 2. The van der Waals surface area contributed by atoms with Gasteiger partial charge in [-0.2, -0.15) is 0 Å². The molecule has 0 unspecified atom stereocenters. The van der Waals surface area contributed by atoms with Gasteiger partial charge in [-0.3, -0.25) is 4.79 Å². The van der Waals surface area contributed by atoms with Crippen molar-refractivity contribution in [2.45, 2.75) is 6.92 Å². The minimum Gasteiger partial charge on any atom is -0.324 e. The summed E-state index contributed by atoms with van der Waals surface area (Å²) in [7, 11) is 1.39. The molecule has 25 heavy (non-hydrogen) atoms. The minimum absolute atomic E-state index is 0.164. The van der Waals surface area contributed by atoms with Crippen LogP contribution in [0.2, 0.25) is 0 Å². The number of halogens is 3. The Morgan fingerprint density at radius 1 is 1.08 bits per heavy atom. The van der Waals surface area contributed by atoms with Gasteiger partial charge in [-0.25, -0.2) is 13.6 Å².